The summed E-state index contributed by atoms with van der Waals surface area (Å²) in [7, 11) is 0. The molecule has 28 heavy (non-hydrogen) atoms. The van der Waals surface area contributed by atoms with E-state index in [4.69, 9.17) is 15.2 Å². The molecule has 0 amide bonds. The van der Waals surface area contributed by atoms with Crippen LogP contribution in [0.1, 0.15) is 53.4 Å². The number of nitrogen functional groups attached to an aromatic ring is 1. The summed E-state index contributed by atoms with van der Waals surface area (Å²) in [5, 5.41) is 0.788. The molecule has 1 aromatic carbocycles. The Morgan fingerprint density at radius 3 is 2.64 bits per heavy atom. The van der Waals surface area contributed by atoms with Crippen LogP contribution in [0, 0.1) is 0 Å². The van der Waals surface area contributed by atoms with Gasteiger partial charge in [-0.25, -0.2) is 0 Å². The number of ether oxygens (including phenoxy) is 2. The van der Waals surface area contributed by atoms with Crippen molar-refractivity contribution < 1.29 is 9.47 Å². The van der Waals surface area contributed by atoms with Gasteiger partial charge in [0.25, 0.3) is 5.56 Å². The molecule has 0 aliphatic rings. The van der Waals surface area contributed by atoms with Gasteiger partial charge in [-0.2, -0.15) is 0 Å². The Morgan fingerprint density at radius 1 is 1.14 bits per heavy atom. The zero-order valence-corrected chi connectivity index (χ0v) is 17.4. The van der Waals surface area contributed by atoms with Gasteiger partial charge >= 0.3 is 0 Å². The molecule has 5 heteroatoms. The molecular formula is C23H32N2O3. The number of unbranched alkanes of at least 4 members (excludes halogenated alkanes) is 1. The Kier molecular flexibility index (Phi) is 8.18. The summed E-state index contributed by atoms with van der Waals surface area (Å²) in [5.74, 6) is 0.713. The highest BCUT2D eigenvalue weighted by molar-refractivity contribution is 5.89. The largest absolute Gasteiger partial charge is 0.485 e. The van der Waals surface area contributed by atoms with E-state index in [-0.39, 0.29) is 11.3 Å². The molecule has 0 radical (unpaired) electrons. The summed E-state index contributed by atoms with van der Waals surface area (Å²) in [5.41, 5.74) is 9.37. The van der Waals surface area contributed by atoms with Gasteiger partial charge in [0.15, 0.2) is 5.75 Å². The zero-order chi connectivity index (χ0) is 20.5. The number of pyridine rings is 1. The van der Waals surface area contributed by atoms with E-state index in [1.807, 2.05) is 6.07 Å². The first-order valence-corrected chi connectivity index (χ1v) is 9.92. The Balaban J connectivity index is 2.25. The molecule has 0 saturated carbocycles. The first-order valence-electron chi connectivity index (χ1n) is 9.92. The molecule has 0 saturated heterocycles. The first kappa shape index (κ1) is 21.6. The van der Waals surface area contributed by atoms with Gasteiger partial charge in [0.2, 0.25) is 5.75 Å². The van der Waals surface area contributed by atoms with E-state index in [1.165, 1.54) is 11.1 Å². The maximum atomic E-state index is 12.5. The monoisotopic (exact) mass is 384 g/mol. The van der Waals surface area contributed by atoms with Gasteiger partial charge in [0.1, 0.15) is 6.61 Å². The fraction of sp³-hybridized carbons (Fsp3) is 0.435. The minimum atomic E-state index is -0.298. The standard InChI is InChI=1S/C23H32N2O3/c1-5-6-13-27-22-21(28-14-12-17(4)9-7-8-16(2)3)19-11-10-18(24)15-20(19)25-23(22)26/h8,10-12,15H,5-7,9,13-14,24H2,1-4H3,(H,25,26). The van der Waals surface area contributed by atoms with Gasteiger partial charge in [0.05, 0.1) is 12.1 Å². The molecule has 0 aliphatic heterocycles. The van der Waals surface area contributed by atoms with Crippen LogP contribution in [0.25, 0.3) is 10.9 Å². The number of hydrogen-bond donors (Lipinski definition) is 2. The van der Waals surface area contributed by atoms with Gasteiger partial charge in [-0.1, -0.05) is 30.6 Å². The van der Waals surface area contributed by atoms with E-state index in [0.29, 0.717) is 30.2 Å². The minimum absolute atomic E-state index is 0.237. The highest BCUT2D eigenvalue weighted by Gasteiger charge is 2.15. The fourth-order valence-electron chi connectivity index (χ4n) is 2.82. The summed E-state index contributed by atoms with van der Waals surface area (Å²) in [6.07, 6.45) is 8.16. The van der Waals surface area contributed by atoms with Crippen LogP contribution in [0.4, 0.5) is 5.69 Å². The molecule has 152 valence electrons. The molecule has 0 fully saturated rings. The van der Waals surface area contributed by atoms with E-state index in [0.717, 1.165) is 31.1 Å². The Morgan fingerprint density at radius 2 is 1.93 bits per heavy atom. The predicted molar refractivity (Wildman–Crippen MR) is 117 cm³/mol. The topological polar surface area (TPSA) is 77.3 Å². The molecule has 3 N–H and O–H groups in total. The number of hydrogen-bond acceptors (Lipinski definition) is 4. The van der Waals surface area contributed by atoms with Gasteiger partial charge < -0.3 is 20.2 Å². The quantitative estimate of drug-likeness (QED) is 0.328. The zero-order valence-electron chi connectivity index (χ0n) is 17.4. The number of H-pyrrole nitrogens is 1. The summed E-state index contributed by atoms with van der Waals surface area (Å²) in [6.45, 7) is 9.25. The normalized spacial score (nSPS) is 11.5. The molecule has 5 nitrogen and oxygen atoms in total. The molecule has 0 unspecified atom stereocenters. The number of aromatic amines is 1. The molecule has 1 aromatic heterocycles. The maximum Gasteiger partial charge on any atom is 0.294 e. The number of fused-ring (bicyclic) bond motifs is 1. The Hall–Kier alpha value is -2.69. The molecule has 0 aliphatic carbocycles. The van der Waals surface area contributed by atoms with E-state index >= 15 is 0 Å². The molecule has 0 spiro atoms. The van der Waals surface area contributed by atoms with Gasteiger partial charge in [-0.15, -0.1) is 0 Å². The third kappa shape index (κ3) is 6.19. The van der Waals surface area contributed by atoms with Crippen LogP contribution in [0.2, 0.25) is 0 Å². The van der Waals surface area contributed by atoms with Crippen molar-refractivity contribution in [2.45, 2.75) is 53.4 Å². The van der Waals surface area contributed by atoms with Gasteiger partial charge in [-0.05, 0) is 64.3 Å². The number of rotatable bonds is 10. The lowest BCUT2D eigenvalue weighted by molar-refractivity contribution is 0.277. The molecule has 0 bridgehead atoms. The second-order valence-electron chi connectivity index (χ2n) is 7.30. The lowest BCUT2D eigenvalue weighted by Gasteiger charge is -2.14. The van der Waals surface area contributed by atoms with Gasteiger partial charge in [0, 0.05) is 11.1 Å². The number of anilines is 1. The van der Waals surface area contributed by atoms with Crippen molar-refractivity contribution in [3.05, 3.63) is 51.9 Å². The van der Waals surface area contributed by atoms with Crippen molar-refractivity contribution in [3.63, 3.8) is 0 Å². The average Bonchev–Trinajstić information content (AvgIpc) is 2.63. The Bertz CT molecular complexity index is 906. The molecule has 0 atom stereocenters. The van der Waals surface area contributed by atoms with Crippen LogP contribution in [0.3, 0.4) is 0 Å². The Labute approximate surface area is 167 Å². The van der Waals surface area contributed by atoms with Crippen LogP contribution in [0.5, 0.6) is 11.5 Å². The second-order valence-corrected chi connectivity index (χ2v) is 7.30. The van der Waals surface area contributed by atoms with Crippen molar-refractivity contribution in [2.75, 3.05) is 18.9 Å². The summed E-state index contributed by atoms with van der Waals surface area (Å²) >= 11 is 0. The average molecular weight is 385 g/mol. The van der Waals surface area contributed by atoms with Crippen molar-refractivity contribution >= 4 is 16.6 Å². The molecule has 2 aromatic rings. The summed E-state index contributed by atoms with van der Waals surface area (Å²) < 4.78 is 11.8. The molecule has 1 heterocycles. The SMILES string of the molecule is CCCCOc1c(OCC=C(C)CCC=C(C)C)c2ccc(N)cc2[nH]c1=O. The van der Waals surface area contributed by atoms with E-state index in [9.17, 15) is 4.79 Å². The summed E-state index contributed by atoms with van der Waals surface area (Å²) in [4.78, 5) is 15.4. The predicted octanol–water partition coefficient (Wildman–Crippen LogP) is 5.36. The first-order chi connectivity index (χ1) is 13.4. The maximum absolute atomic E-state index is 12.5. The molecule has 2 rings (SSSR count). The van der Waals surface area contributed by atoms with Crippen molar-refractivity contribution in [1.82, 2.24) is 4.98 Å². The lowest BCUT2D eigenvalue weighted by Crippen LogP contribution is -2.15. The third-order valence-electron chi connectivity index (χ3n) is 4.44. The van der Waals surface area contributed by atoms with Crippen LogP contribution in [-0.4, -0.2) is 18.2 Å². The number of allylic oxidation sites excluding steroid dienone is 3. The highest BCUT2D eigenvalue weighted by atomic mass is 16.5. The third-order valence-corrected chi connectivity index (χ3v) is 4.44. The number of nitrogens with one attached hydrogen (secondary N) is 1. The smallest absolute Gasteiger partial charge is 0.294 e. The number of nitrogens with two attached hydrogens (primary N) is 1. The van der Waals surface area contributed by atoms with Crippen molar-refractivity contribution in [2.24, 2.45) is 0 Å². The van der Waals surface area contributed by atoms with Crippen LogP contribution in [0.15, 0.2) is 46.3 Å². The number of benzene rings is 1. The highest BCUT2D eigenvalue weighted by Crippen LogP contribution is 2.32. The van der Waals surface area contributed by atoms with Crippen LogP contribution < -0.4 is 20.8 Å². The summed E-state index contributed by atoms with van der Waals surface area (Å²) in [6, 6.07) is 5.39. The van der Waals surface area contributed by atoms with Crippen molar-refractivity contribution in [1.29, 1.82) is 0 Å². The fourth-order valence-corrected chi connectivity index (χ4v) is 2.82. The van der Waals surface area contributed by atoms with E-state index in [2.05, 4.69) is 44.8 Å². The van der Waals surface area contributed by atoms with E-state index in [1.54, 1.807) is 12.1 Å². The second kappa shape index (κ2) is 10.6. The van der Waals surface area contributed by atoms with E-state index < -0.39 is 0 Å². The molecular weight excluding hydrogens is 352 g/mol. The van der Waals surface area contributed by atoms with Crippen LogP contribution in [-0.2, 0) is 0 Å². The number of aromatic nitrogens is 1. The van der Waals surface area contributed by atoms with Gasteiger partial charge in [-0.3, -0.25) is 4.79 Å². The minimum Gasteiger partial charge on any atom is -0.485 e. The van der Waals surface area contributed by atoms with Crippen molar-refractivity contribution in [3.8, 4) is 11.5 Å². The van der Waals surface area contributed by atoms with Crippen LogP contribution >= 0.6 is 0 Å². The lowest BCUT2D eigenvalue weighted by atomic mass is 10.1.